The summed E-state index contributed by atoms with van der Waals surface area (Å²) in [7, 11) is 0. The molecule has 1 spiro atoms. The van der Waals surface area contributed by atoms with Gasteiger partial charge in [0.25, 0.3) is 5.91 Å². The number of hydrogen-bond acceptors (Lipinski definition) is 5. The first kappa shape index (κ1) is 23.3. The van der Waals surface area contributed by atoms with Gasteiger partial charge in [-0.05, 0) is 61.6 Å². The molecule has 2 heterocycles. The molecule has 4 aliphatic rings. The second-order valence-electron chi connectivity index (χ2n) is 10.7. The van der Waals surface area contributed by atoms with Crippen LogP contribution in [-0.2, 0) is 27.3 Å². The first-order chi connectivity index (χ1) is 16.4. The predicted molar refractivity (Wildman–Crippen MR) is 125 cm³/mol. The maximum atomic E-state index is 12.9. The van der Waals surface area contributed by atoms with E-state index in [2.05, 4.69) is 11.4 Å². The van der Waals surface area contributed by atoms with Crippen LogP contribution in [0.25, 0.3) is 0 Å². The zero-order valence-electron chi connectivity index (χ0n) is 19.6. The fourth-order valence-corrected chi connectivity index (χ4v) is 6.39. The molecule has 8 nitrogen and oxygen atoms in total. The van der Waals surface area contributed by atoms with Crippen LogP contribution in [0.15, 0.2) is 18.2 Å². The molecule has 34 heavy (non-hydrogen) atoms. The summed E-state index contributed by atoms with van der Waals surface area (Å²) in [6, 6.07) is 6.18. The lowest BCUT2D eigenvalue weighted by molar-refractivity contribution is -0.178. The van der Waals surface area contributed by atoms with Crippen LogP contribution in [0, 0.1) is 11.3 Å². The van der Waals surface area contributed by atoms with Crippen LogP contribution in [0.5, 0.6) is 0 Å². The van der Waals surface area contributed by atoms with Gasteiger partial charge in [0.15, 0.2) is 0 Å². The molecule has 0 radical (unpaired) electrons. The van der Waals surface area contributed by atoms with Crippen LogP contribution in [0.2, 0.25) is 0 Å². The van der Waals surface area contributed by atoms with Crippen molar-refractivity contribution in [1.29, 1.82) is 0 Å². The van der Waals surface area contributed by atoms with Crippen LogP contribution >= 0.6 is 0 Å². The average molecular weight is 470 g/mol. The Balaban J connectivity index is 1.26. The standard InChI is InChI=1S/C26H35N3O5/c27-24(32)21(7-8-23(30)31)29-13-18-12-16(5-6-19(18)25(29)33)11-17-3-1-2-4-20(17)28-22-9-10-26(22)14-34-15-26/h5-6,12,17,20-22,28H,1-4,7-11,13-15H2,(H2,27,32)(H,30,31)/t17-,20+,21?,22?/m1/s1. The van der Waals surface area contributed by atoms with Crippen molar-refractivity contribution >= 4 is 17.8 Å². The number of carboxylic acid groups (broad SMARTS) is 1. The second kappa shape index (κ2) is 9.30. The molecule has 8 heteroatoms. The van der Waals surface area contributed by atoms with Crippen molar-refractivity contribution in [3.63, 3.8) is 0 Å². The number of benzene rings is 1. The van der Waals surface area contributed by atoms with Crippen LogP contribution in [0.3, 0.4) is 0 Å². The SMILES string of the molecule is NC(=O)C(CCC(=O)O)N1Cc2cc(C[C@H]3CCCC[C@@H]3NC3CCC34COC4)ccc2C1=O. The molecule has 1 aromatic carbocycles. The number of nitrogens with two attached hydrogens (primary N) is 1. The number of carboxylic acids is 1. The predicted octanol–water partition coefficient (Wildman–Crippen LogP) is 2.23. The molecule has 4 N–H and O–H groups in total. The third kappa shape index (κ3) is 4.33. The molecule has 0 bridgehead atoms. The van der Waals surface area contributed by atoms with Gasteiger partial charge in [-0.1, -0.05) is 25.0 Å². The third-order valence-corrected chi connectivity index (χ3v) is 8.61. The zero-order valence-corrected chi connectivity index (χ0v) is 19.6. The number of rotatable bonds is 9. The number of ether oxygens (including phenoxy) is 1. The Labute approximate surface area is 200 Å². The highest BCUT2D eigenvalue weighted by molar-refractivity contribution is 6.01. The van der Waals surface area contributed by atoms with E-state index in [1.54, 1.807) is 0 Å². The molecule has 184 valence electrons. The van der Waals surface area contributed by atoms with Crippen LogP contribution in [0.4, 0.5) is 0 Å². The molecular formula is C26H35N3O5. The highest BCUT2D eigenvalue weighted by atomic mass is 16.5. The number of nitrogens with zero attached hydrogens (tertiary/aromatic N) is 1. The summed E-state index contributed by atoms with van der Waals surface area (Å²) in [6.07, 6.45) is 8.24. The number of amides is 2. The Morgan fingerprint density at radius 2 is 2.03 bits per heavy atom. The molecule has 1 saturated heterocycles. The molecular weight excluding hydrogens is 434 g/mol. The molecule has 4 atom stereocenters. The fraction of sp³-hybridized carbons (Fsp3) is 0.654. The van der Waals surface area contributed by atoms with Gasteiger partial charge in [-0.25, -0.2) is 0 Å². The van der Waals surface area contributed by atoms with Gasteiger partial charge in [0.05, 0.1) is 13.2 Å². The molecule has 2 unspecified atom stereocenters. The number of hydrogen-bond donors (Lipinski definition) is 3. The highest BCUT2D eigenvalue weighted by Crippen LogP contribution is 2.47. The number of primary amides is 1. The molecule has 0 aromatic heterocycles. The van der Waals surface area contributed by atoms with Crippen molar-refractivity contribution in [3.05, 3.63) is 34.9 Å². The van der Waals surface area contributed by atoms with Crippen molar-refractivity contribution in [2.45, 2.75) is 82.5 Å². The van der Waals surface area contributed by atoms with Gasteiger partial charge in [-0.15, -0.1) is 0 Å². The first-order valence-corrected chi connectivity index (χ1v) is 12.6. The van der Waals surface area contributed by atoms with E-state index in [1.807, 2.05) is 12.1 Å². The smallest absolute Gasteiger partial charge is 0.303 e. The van der Waals surface area contributed by atoms with Gasteiger partial charge < -0.3 is 25.8 Å². The zero-order chi connectivity index (χ0) is 23.9. The van der Waals surface area contributed by atoms with Gasteiger partial charge in [0, 0.05) is 36.0 Å². The molecule has 2 aliphatic heterocycles. The first-order valence-electron chi connectivity index (χ1n) is 12.6. The molecule has 5 rings (SSSR count). The number of carbonyl (C=O) groups excluding carboxylic acids is 2. The summed E-state index contributed by atoms with van der Waals surface area (Å²) in [4.78, 5) is 37.3. The van der Waals surface area contributed by atoms with Gasteiger partial charge >= 0.3 is 5.97 Å². The lowest BCUT2D eigenvalue weighted by Crippen LogP contribution is -2.65. The van der Waals surface area contributed by atoms with E-state index in [1.165, 1.54) is 49.0 Å². The Morgan fingerprint density at radius 1 is 1.24 bits per heavy atom. The van der Waals surface area contributed by atoms with Crippen molar-refractivity contribution in [3.8, 4) is 0 Å². The van der Waals surface area contributed by atoms with Crippen LogP contribution in [0.1, 0.15) is 72.9 Å². The van der Waals surface area contributed by atoms with E-state index in [-0.39, 0.29) is 18.7 Å². The molecule has 2 aliphatic carbocycles. The summed E-state index contributed by atoms with van der Waals surface area (Å²) < 4.78 is 5.51. The highest BCUT2D eigenvalue weighted by Gasteiger charge is 2.53. The van der Waals surface area contributed by atoms with E-state index in [4.69, 9.17) is 15.6 Å². The lowest BCUT2D eigenvalue weighted by Gasteiger charge is -2.57. The topological polar surface area (TPSA) is 122 Å². The van der Waals surface area contributed by atoms with Gasteiger partial charge in [-0.3, -0.25) is 14.4 Å². The third-order valence-electron chi connectivity index (χ3n) is 8.61. The van der Waals surface area contributed by atoms with Crippen molar-refractivity contribution in [2.24, 2.45) is 17.1 Å². The number of fused-ring (bicyclic) bond motifs is 1. The molecule has 2 amide bonds. The average Bonchev–Trinajstić information content (AvgIpc) is 3.06. The van der Waals surface area contributed by atoms with Crippen molar-refractivity contribution in [1.82, 2.24) is 10.2 Å². The van der Waals surface area contributed by atoms with Gasteiger partial charge in [-0.2, -0.15) is 0 Å². The van der Waals surface area contributed by atoms with Gasteiger partial charge in [0.1, 0.15) is 6.04 Å². The summed E-state index contributed by atoms with van der Waals surface area (Å²) in [5.74, 6) is -1.35. The van der Waals surface area contributed by atoms with E-state index in [9.17, 15) is 14.4 Å². The monoisotopic (exact) mass is 469 g/mol. The maximum absolute atomic E-state index is 12.9. The van der Waals surface area contributed by atoms with E-state index in [0.717, 1.165) is 25.2 Å². The summed E-state index contributed by atoms with van der Waals surface area (Å²) in [5, 5.41) is 13.0. The Hall–Kier alpha value is -2.45. The summed E-state index contributed by atoms with van der Waals surface area (Å²) >= 11 is 0. The molecule has 1 aromatic rings. The van der Waals surface area contributed by atoms with Crippen molar-refractivity contribution in [2.75, 3.05) is 13.2 Å². The Kier molecular flexibility index (Phi) is 6.37. The fourth-order valence-electron chi connectivity index (χ4n) is 6.39. The maximum Gasteiger partial charge on any atom is 0.303 e. The quantitative estimate of drug-likeness (QED) is 0.510. The second-order valence-corrected chi connectivity index (χ2v) is 10.7. The van der Waals surface area contributed by atoms with Crippen molar-refractivity contribution < 1.29 is 24.2 Å². The van der Waals surface area contributed by atoms with Gasteiger partial charge in [0.2, 0.25) is 5.91 Å². The Morgan fingerprint density at radius 3 is 2.68 bits per heavy atom. The summed E-state index contributed by atoms with van der Waals surface area (Å²) in [5.41, 5.74) is 8.60. The number of carbonyl (C=O) groups is 3. The van der Waals surface area contributed by atoms with E-state index >= 15 is 0 Å². The lowest BCUT2D eigenvalue weighted by atomic mass is 9.62. The largest absolute Gasteiger partial charge is 0.481 e. The summed E-state index contributed by atoms with van der Waals surface area (Å²) in [6.45, 7) is 2.10. The minimum absolute atomic E-state index is 0.0281. The minimum atomic E-state index is -1.01. The molecule has 3 fully saturated rings. The number of nitrogens with one attached hydrogen (secondary N) is 1. The van der Waals surface area contributed by atoms with Crippen LogP contribution in [-0.4, -0.2) is 59.1 Å². The van der Waals surface area contributed by atoms with Crippen LogP contribution < -0.4 is 11.1 Å². The number of aliphatic carboxylic acids is 1. The normalized spacial score (nSPS) is 28.2. The Bertz CT molecular complexity index is 970. The minimum Gasteiger partial charge on any atom is -0.481 e. The van der Waals surface area contributed by atoms with E-state index in [0.29, 0.717) is 35.5 Å². The molecule has 2 saturated carbocycles. The van der Waals surface area contributed by atoms with E-state index < -0.39 is 17.9 Å².